The third-order valence-corrected chi connectivity index (χ3v) is 4.04. The van der Waals surface area contributed by atoms with Gasteiger partial charge >= 0.3 is 0 Å². The molecule has 0 aliphatic rings. The molecule has 3 atom stereocenters. The van der Waals surface area contributed by atoms with Crippen LogP contribution in [0.25, 0.3) is 0 Å². The molecule has 4 nitrogen and oxygen atoms in total. The largest absolute Gasteiger partial charge is 0.497 e. The quantitative estimate of drug-likeness (QED) is 0.821. The molecule has 0 saturated carbocycles. The lowest BCUT2D eigenvalue weighted by Gasteiger charge is -2.25. The molecule has 0 amide bonds. The molecule has 0 fully saturated rings. The van der Waals surface area contributed by atoms with Gasteiger partial charge in [-0.05, 0) is 49.2 Å². The number of aliphatic hydroxyl groups is 1. The molecule has 2 rings (SSSR count). The van der Waals surface area contributed by atoms with Crippen LogP contribution >= 0.6 is 0 Å². The highest BCUT2D eigenvalue weighted by molar-refractivity contribution is 5.31. The van der Waals surface area contributed by atoms with Crippen LogP contribution in [0.5, 0.6) is 11.5 Å². The van der Waals surface area contributed by atoms with Crippen molar-refractivity contribution in [3.63, 3.8) is 0 Å². The van der Waals surface area contributed by atoms with Crippen molar-refractivity contribution in [3.8, 4) is 11.5 Å². The number of aliphatic hydroxyl groups excluding tert-OH is 1. The maximum Gasteiger partial charge on any atom is 0.119 e. The molecular weight excluding hydrogens is 290 g/mol. The molecule has 0 aliphatic carbocycles. The first-order valence-electron chi connectivity index (χ1n) is 7.77. The van der Waals surface area contributed by atoms with Crippen molar-refractivity contribution < 1.29 is 14.6 Å². The van der Waals surface area contributed by atoms with Crippen molar-refractivity contribution in [3.05, 3.63) is 59.7 Å². The maximum absolute atomic E-state index is 10.5. The Morgan fingerprint density at radius 2 is 1.52 bits per heavy atom. The van der Waals surface area contributed by atoms with E-state index in [9.17, 15) is 5.11 Å². The van der Waals surface area contributed by atoms with Crippen LogP contribution in [0, 0.1) is 0 Å². The Labute approximate surface area is 138 Å². The topological polar surface area (TPSA) is 50.7 Å². The van der Waals surface area contributed by atoms with Gasteiger partial charge < -0.3 is 19.9 Å². The molecule has 0 spiro atoms. The minimum Gasteiger partial charge on any atom is -0.497 e. The second-order valence-corrected chi connectivity index (χ2v) is 5.67. The molecule has 2 aromatic carbocycles. The molecule has 124 valence electrons. The van der Waals surface area contributed by atoms with Crippen LogP contribution in [0.2, 0.25) is 0 Å². The Kier molecular flexibility index (Phi) is 6.02. The third kappa shape index (κ3) is 4.47. The Balaban J connectivity index is 2.02. The molecule has 0 aliphatic heterocycles. The molecule has 0 bridgehead atoms. The molecular formula is C19H25NO3. The number of ether oxygens (including phenoxy) is 2. The standard InChI is InChI=1S/C19H25NO3/c1-13(16-6-5-7-18(12-16)23-4)20-14(2)19(21)15-8-10-17(22-3)11-9-15/h5-14,19-21H,1-4H3. The van der Waals surface area contributed by atoms with Gasteiger partial charge in [0.05, 0.1) is 20.3 Å². The minimum atomic E-state index is -0.589. The average molecular weight is 315 g/mol. The van der Waals surface area contributed by atoms with Crippen LogP contribution in [0.15, 0.2) is 48.5 Å². The zero-order chi connectivity index (χ0) is 16.8. The molecule has 0 heterocycles. The average Bonchev–Trinajstić information content (AvgIpc) is 2.61. The van der Waals surface area contributed by atoms with E-state index in [4.69, 9.17) is 9.47 Å². The van der Waals surface area contributed by atoms with Gasteiger partial charge in [-0.25, -0.2) is 0 Å². The van der Waals surface area contributed by atoms with Crippen LogP contribution in [0.4, 0.5) is 0 Å². The van der Waals surface area contributed by atoms with Gasteiger partial charge in [0.2, 0.25) is 0 Å². The van der Waals surface area contributed by atoms with Gasteiger partial charge in [-0.15, -0.1) is 0 Å². The smallest absolute Gasteiger partial charge is 0.119 e. The van der Waals surface area contributed by atoms with E-state index in [0.29, 0.717) is 0 Å². The van der Waals surface area contributed by atoms with E-state index < -0.39 is 6.10 Å². The molecule has 3 unspecified atom stereocenters. The lowest BCUT2D eigenvalue weighted by atomic mass is 10.0. The number of methoxy groups -OCH3 is 2. The Morgan fingerprint density at radius 3 is 2.13 bits per heavy atom. The molecule has 0 aromatic heterocycles. The van der Waals surface area contributed by atoms with Crippen molar-refractivity contribution in [1.82, 2.24) is 5.32 Å². The van der Waals surface area contributed by atoms with E-state index in [-0.39, 0.29) is 12.1 Å². The summed E-state index contributed by atoms with van der Waals surface area (Å²) >= 11 is 0. The first-order chi connectivity index (χ1) is 11.0. The van der Waals surface area contributed by atoms with Gasteiger partial charge in [-0.1, -0.05) is 24.3 Å². The van der Waals surface area contributed by atoms with Gasteiger partial charge in [-0.2, -0.15) is 0 Å². The fraction of sp³-hybridized carbons (Fsp3) is 0.368. The molecule has 2 aromatic rings. The van der Waals surface area contributed by atoms with Crippen LogP contribution < -0.4 is 14.8 Å². The summed E-state index contributed by atoms with van der Waals surface area (Å²) in [5.41, 5.74) is 1.99. The lowest BCUT2D eigenvalue weighted by molar-refractivity contribution is 0.130. The summed E-state index contributed by atoms with van der Waals surface area (Å²) in [5, 5.41) is 14.0. The van der Waals surface area contributed by atoms with Gasteiger partial charge in [0.25, 0.3) is 0 Å². The maximum atomic E-state index is 10.5. The van der Waals surface area contributed by atoms with E-state index >= 15 is 0 Å². The number of hydrogen-bond acceptors (Lipinski definition) is 4. The first-order valence-corrected chi connectivity index (χ1v) is 7.77. The predicted molar refractivity (Wildman–Crippen MR) is 92.0 cm³/mol. The van der Waals surface area contributed by atoms with E-state index in [1.165, 1.54) is 0 Å². The highest BCUT2D eigenvalue weighted by atomic mass is 16.5. The summed E-state index contributed by atoms with van der Waals surface area (Å²) in [4.78, 5) is 0. The summed E-state index contributed by atoms with van der Waals surface area (Å²) in [7, 11) is 3.29. The summed E-state index contributed by atoms with van der Waals surface area (Å²) < 4.78 is 10.4. The van der Waals surface area contributed by atoms with Gasteiger partial charge in [-0.3, -0.25) is 0 Å². The van der Waals surface area contributed by atoms with Gasteiger partial charge in [0, 0.05) is 12.1 Å². The van der Waals surface area contributed by atoms with E-state index in [1.54, 1.807) is 14.2 Å². The van der Waals surface area contributed by atoms with Crippen molar-refractivity contribution in [2.45, 2.75) is 32.0 Å². The Hall–Kier alpha value is -2.04. The second kappa shape index (κ2) is 7.99. The fourth-order valence-electron chi connectivity index (χ4n) is 2.58. The molecule has 2 N–H and O–H groups in total. The second-order valence-electron chi connectivity index (χ2n) is 5.67. The Morgan fingerprint density at radius 1 is 0.870 bits per heavy atom. The summed E-state index contributed by atoms with van der Waals surface area (Å²) in [6, 6.07) is 15.4. The number of nitrogens with one attached hydrogen (secondary N) is 1. The minimum absolute atomic E-state index is 0.0930. The zero-order valence-electron chi connectivity index (χ0n) is 14.1. The lowest BCUT2D eigenvalue weighted by Crippen LogP contribution is -2.34. The summed E-state index contributed by atoms with van der Waals surface area (Å²) in [6.45, 7) is 4.05. The number of hydrogen-bond donors (Lipinski definition) is 2. The van der Waals surface area contributed by atoms with Crippen molar-refractivity contribution in [2.75, 3.05) is 14.2 Å². The van der Waals surface area contributed by atoms with Crippen molar-refractivity contribution >= 4 is 0 Å². The summed E-state index contributed by atoms with van der Waals surface area (Å²) in [5.74, 6) is 1.62. The molecule has 4 heteroatoms. The van der Waals surface area contributed by atoms with Crippen LogP contribution in [-0.2, 0) is 0 Å². The normalized spacial score (nSPS) is 14.8. The molecule has 0 radical (unpaired) electrons. The SMILES string of the molecule is COc1ccc(C(O)C(C)NC(C)c2cccc(OC)c2)cc1. The van der Waals surface area contributed by atoms with Gasteiger partial charge in [0.15, 0.2) is 0 Å². The van der Waals surface area contributed by atoms with Crippen molar-refractivity contribution in [2.24, 2.45) is 0 Å². The summed E-state index contributed by atoms with van der Waals surface area (Å²) in [6.07, 6.45) is -0.589. The van der Waals surface area contributed by atoms with Crippen LogP contribution in [0.3, 0.4) is 0 Å². The molecule has 0 saturated heterocycles. The predicted octanol–water partition coefficient (Wildman–Crippen LogP) is 3.48. The fourth-order valence-corrected chi connectivity index (χ4v) is 2.58. The molecule has 23 heavy (non-hydrogen) atoms. The number of rotatable bonds is 7. The monoisotopic (exact) mass is 315 g/mol. The highest BCUT2D eigenvalue weighted by Gasteiger charge is 2.19. The van der Waals surface area contributed by atoms with Crippen LogP contribution in [-0.4, -0.2) is 25.4 Å². The number of benzene rings is 2. The van der Waals surface area contributed by atoms with E-state index in [2.05, 4.69) is 12.2 Å². The van der Waals surface area contributed by atoms with Crippen molar-refractivity contribution in [1.29, 1.82) is 0 Å². The van der Waals surface area contributed by atoms with Gasteiger partial charge in [0.1, 0.15) is 11.5 Å². The van der Waals surface area contributed by atoms with E-state index in [0.717, 1.165) is 22.6 Å². The zero-order valence-corrected chi connectivity index (χ0v) is 14.1. The first kappa shape index (κ1) is 17.3. The third-order valence-electron chi connectivity index (χ3n) is 4.04. The van der Waals surface area contributed by atoms with E-state index in [1.807, 2.05) is 55.5 Å². The highest BCUT2D eigenvalue weighted by Crippen LogP contribution is 2.24. The Bertz CT molecular complexity index is 612. The van der Waals surface area contributed by atoms with Crippen LogP contribution in [0.1, 0.15) is 37.1 Å².